The van der Waals surface area contributed by atoms with Gasteiger partial charge in [-0.3, -0.25) is 0 Å². The van der Waals surface area contributed by atoms with E-state index in [1.807, 2.05) is 0 Å². The molecule has 0 aromatic heterocycles. The predicted molar refractivity (Wildman–Crippen MR) is 40.5 cm³/mol. The smallest absolute Gasteiger partial charge is 0.190 e. The third-order valence-corrected chi connectivity index (χ3v) is 3.13. The molecule has 0 spiro atoms. The van der Waals surface area contributed by atoms with Gasteiger partial charge in [-0.1, -0.05) is 0 Å². The van der Waals surface area contributed by atoms with Crippen molar-refractivity contribution in [3.63, 3.8) is 0 Å². The summed E-state index contributed by atoms with van der Waals surface area (Å²) in [5, 5.41) is 0. The molecule has 1 rings (SSSR count). The third-order valence-electron chi connectivity index (χ3n) is 1.97. The topological polar surface area (TPSA) is 60.2 Å². The van der Waals surface area contributed by atoms with Crippen molar-refractivity contribution in [2.24, 2.45) is 5.73 Å². The Morgan fingerprint density at radius 1 is 1.45 bits per heavy atom. The third kappa shape index (κ3) is 2.75. The Morgan fingerprint density at radius 2 is 2.00 bits per heavy atom. The van der Waals surface area contributed by atoms with E-state index in [0.29, 0.717) is 6.42 Å². The summed E-state index contributed by atoms with van der Waals surface area (Å²) in [4.78, 5) is 0. The second kappa shape index (κ2) is 2.71. The van der Waals surface area contributed by atoms with Gasteiger partial charge in [0.15, 0.2) is 15.8 Å². The highest BCUT2D eigenvalue weighted by molar-refractivity contribution is 7.91. The van der Waals surface area contributed by atoms with Crippen molar-refractivity contribution >= 4 is 9.84 Å². The molecule has 0 radical (unpaired) electrons. The van der Waals surface area contributed by atoms with Crippen molar-refractivity contribution in [1.82, 2.24) is 0 Å². The maximum Gasteiger partial charge on any atom is 0.190 e. The fraction of sp³-hybridized carbons (Fsp3) is 1.00. The molecule has 1 saturated carbocycles. The van der Waals surface area contributed by atoms with Crippen LogP contribution in [0.15, 0.2) is 0 Å². The molecule has 0 bridgehead atoms. The zero-order valence-corrected chi connectivity index (χ0v) is 7.03. The Balaban J connectivity index is 2.32. The standard InChI is InChI=1S/C6H12FNO2S/c7-5-11(9,10)4-3-6(8)1-2-6/h1-5,8H2. The van der Waals surface area contributed by atoms with Crippen molar-refractivity contribution in [2.75, 3.05) is 11.8 Å². The Hall–Kier alpha value is -0.160. The van der Waals surface area contributed by atoms with Gasteiger partial charge in [-0.15, -0.1) is 0 Å². The second-order valence-electron chi connectivity index (χ2n) is 3.17. The molecule has 66 valence electrons. The number of hydrogen-bond donors (Lipinski definition) is 1. The first-order valence-electron chi connectivity index (χ1n) is 3.53. The Bertz CT molecular complexity index is 233. The lowest BCUT2D eigenvalue weighted by Crippen LogP contribution is -2.25. The van der Waals surface area contributed by atoms with Crippen LogP contribution in [-0.2, 0) is 9.84 Å². The van der Waals surface area contributed by atoms with Crippen LogP contribution >= 0.6 is 0 Å². The molecule has 11 heavy (non-hydrogen) atoms. The SMILES string of the molecule is NC1(CCS(=O)(=O)CF)CC1. The molecule has 0 atom stereocenters. The molecular weight excluding hydrogens is 169 g/mol. The van der Waals surface area contributed by atoms with Crippen LogP contribution in [0, 0.1) is 0 Å². The zero-order valence-electron chi connectivity index (χ0n) is 6.22. The molecule has 0 heterocycles. The highest BCUT2D eigenvalue weighted by atomic mass is 32.2. The minimum absolute atomic E-state index is 0.111. The lowest BCUT2D eigenvalue weighted by molar-refractivity contribution is 0.527. The van der Waals surface area contributed by atoms with Crippen LogP contribution in [0.3, 0.4) is 0 Å². The van der Waals surface area contributed by atoms with E-state index < -0.39 is 15.8 Å². The van der Waals surface area contributed by atoms with Crippen LogP contribution in [0.4, 0.5) is 4.39 Å². The highest BCUT2D eigenvalue weighted by Gasteiger charge is 2.38. The number of hydrogen-bond acceptors (Lipinski definition) is 3. The molecule has 0 aromatic rings. The molecule has 0 unspecified atom stereocenters. The molecule has 0 aliphatic heterocycles. The summed E-state index contributed by atoms with van der Waals surface area (Å²) in [7, 11) is -3.46. The van der Waals surface area contributed by atoms with Gasteiger partial charge in [-0.05, 0) is 19.3 Å². The molecule has 3 nitrogen and oxygen atoms in total. The summed E-state index contributed by atoms with van der Waals surface area (Å²) in [6, 6.07) is -1.26. The van der Waals surface area contributed by atoms with Gasteiger partial charge in [0, 0.05) is 5.54 Å². The molecule has 0 amide bonds. The molecule has 1 aliphatic carbocycles. The predicted octanol–water partition coefficient (Wildman–Crippen LogP) is 0.210. The van der Waals surface area contributed by atoms with Gasteiger partial charge in [0.25, 0.3) is 0 Å². The summed E-state index contributed by atoms with van der Waals surface area (Å²) >= 11 is 0. The van der Waals surface area contributed by atoms with Crippen LogP contribution < -0.4 is 5.73 Å². The molecular formula is C6H12FNO2S. The number of sulfone groups is 1. The Kier molecular flexibility index (Phi) is 2.20. The summed E-state index contributed by atoms with van der Waals surface area (Å²) in [6.45, 7) is 0. The number of rotatable bonds is 4. The maximum atomic E-state index is 11.7. The quantitative estimate of drug-likeness (QED) is 0.674. The average molecular weight is 181 g/mol. The normalized spacial score (nSPS) is 21.6. The van der Waals surface area contributed by atoms with Gasteiger partial charge in [0.1, 0.15) is 0 Å². The first kappa shape index (κ1) is 8.93. The molecule has 5 heteroatoms. The zero-order chi connectivity index (χ0) is 8.54. The molecule has 0 saturated heterocycles. The van der Waals surface area contributed by atoms with Gasteiger partial charge in [0.05, 0.1) is 5.75 Å². The largest absolute Gasteiger partial charge is 0.325 e. The van der Waals surface area contributed by atoms with Gasteiger partial charge in [-0.2, -0.15) is 0 Å². The summed E-state index contributed by atoms with van der Waals surface area (Å²) in [6.07, 6.45) is 2.14. The van der Waals surface area contributed by atoms with Crippen LogP contribution in [0.25, 0.3) is 0 Å². The lowest BCUT2D eigenvalue weighted by Gasteiger charge is -2.05. The average Bonchev–Trinajstić information content (AvgIpc) is 2.66. The molecule has 1 fully saturated rings. The number of nitrogens with two attached hydrogens (primary N) is 1. The molecule has 1 aliphatic rings. The Morgan fingerprint density at radius 3 is 2.36 bits per heavy atom. The van der Waals surface area contributed by atoms with E-state index in [-0.39, 0.29) is 11.3 Å². The minimum Gasteiger partial charge on any atom is -0.325 e. The van der Waals surface area contributed by atoms with Crippen molar-refractivity contribution in [2.45, 2.75) is 24.8 Å². The minimum atomic E-state index is -3.46. The fourth-order valence-corrected chi connectivity index (χ4v) is 1.65. The summed E-state index contributed by atoms with van der Waals surface area (Å²) in [5.74, 6) is -0.111. The Labute approximate surface area is 65.7 Å². The van der Waals surface area contributed by atoms with Gasteiger partial charge < -0.3 is 5.73 Å². The maximum absolute atomic E-state index is 11.7. The van der Waals surface area contributed by atoms with Crippen LogP contribution in [0.2, 0.25) is 0 Å². The summed E-state index contributed by atoms with van der Waals surface area (Å²) in [5.41, 5.74) is 5.33. The van der Waals surface area contributed by atoms with E-state index in [9.17, 15) is 12.8 Å². The van der Waals surface area contributed by atoms with Gasteiger partial charge >= 0.3 is 0 Å². The lowest BCUT2D eigenvalue weighted by atomic mass is 10.2. The number of alkyl halides is 1. The van der Waals surface area contributed by atoms with Crippen LogP contribution in [0.1, 0.15) is 19.3 Å². The van der Waals surface area contributed by atoms with E-state index in [1.54, 1.807) is 0 Å². The highest BCUT2D eigenvalue weighted by Crippen LogP contribution is 2.35. The van der Waals surface area contributed by atoms with Crippen LogP contribution in [-0.4, -0.2) is 25.7 Å². The molecule has 0 aromatic carbocycles. The first-order chi connectivity index (χ1) is 4.97. The van der Waals surface area contributed by atoms with Crippen molar-refractivity contribution in [1.29, 1.82) is 0 Å². The van der Waals surface area contributed by atoms with E-state index in [2.05, 4.69) is 0 Å². The fourth-order valence-electron chi connectivity index (χ4n) is 0.824. The van der Waals surface area contributed by atoms with Crippen molar-refractivity contribution in [3.05, 3.63) is 0 Å². The monoisotopic (exact) mass is 181 g/mol. The number of halogens is 1. The van der Waals surface area contributed by atoms with Crippen molar-refractivity contribution < 1.29 is 12.8 Å². The van der Waals surface area contributed by atoms with E-state index in [1.165, 1.54) is 0 Å². The van der Waals surface area contributed by atoms with Crippen LogP contribution in [0.5, 0.6) is 0 Å². The van der Waals surface area contributed by atoms with E-state index in [4.69, 9.17) is 5.73 Å². The molecule has 2 N–H and O–H groups in total. The van der Waals surface area contributed by atoms with Gasteiger partial charge in [0.2, 0.25) is 0 Å². The van der Waals surface area contributed by atoms with E-state index >= 15 is 0 Å². The van der Waals surface area contributed by atoms with Crippen molar-refractivity contribution in [3.8, 4) is 0 Å². The van der Waals surface area contributed by atoms with E-state index in [0.717, 1.165) is 12.8 Å². The van der Waals surface area contributed by atoms with Gasteiger partial charge in [-0.25, -0.2) is 12.8 Å². The first-order valence-corrected chi connectivity index (χ1v) is 5.35. The second-order valence-corrected chi connectivity index (χ2v) is 5.28. The summed E-state index contributed by atoms with van der Waals surface area (Å²) < 4.78 is 33.0.